The minimum Gasteiger partial charge on any atom is -0.460 e. The molecule has 0 aliphatic rings. The molecule has 1 aromatic heterocycles. The van der Waals surface area contributed by atoms with E-state index in [0.29, 0.717) is 28.0 Å². The Balaban J connectivity index is 1.62. The largest absolute Gasteiger partial charge is 0.460 e. The van der Waals surface area contributed by atoms with Crippen LogP contribution in [-0.4, -0.2) is 5.97 Å². The van der Waals surface area contributed by atoms with Gasteiger partial charge >= 0.3 is 5.97 Å². The highest BCUT2D eigenvalue weighted by Gasteiger charge is 2.15. The topological polar surface area (TPSA) is 65.7 Å². The molecular weight excluding hydrogens is 507 g/mol. The summed E-state index contributed by atoms with van der Waals surface area (Å²) in [5, 5.41) is 0.341. The molecule has 4 rings (SSSR count). The number of hydrogen-bond acceptors (Lipinski definition) is 5. The predicted octanol–water partition coefficient (Wildman–Crippen LogP) is 6.53. The van der Waals surface area contributed by atoms with Crippen LogP contribution in [0.3, 0.4) is 0 Å². The number of fused-ring (bicyclic) bond motifs is 1. The van der Waals surface area contributed by atoms with Gasteiger partial charge in [0.25, 0.3) is 0 Å². The molecule has 0 amide bonds. The van der Waals surface area contributed by atoms with E-state index < -0.39 is 5.97 Å². The number of halogens is 1. The van der Waals surface area contributed by atoms with Crippen LogP contribution >= 0.6 is 22.6 Å². The van der Waals surface area contributed by atoms with E-state index in [1.807, 2.05) is 36.4 Å². The molecule has 0 bridgehead atoms. The molecule has 4 aromatic rings. The summed E-state index contributed by atoms with van der Waals surface area (Å²) in [6, 6.07) is 19.4. The molecule has 156 valence electrons. The summed E-state index contributed by atoms with van der Waals surface area (Å²) in [7, 11) is 0. The number of carbonyl (C=O) groups is 1. The Labute approximate surface area is 192 Å². The molecule has 0 fully saturated rings. The maximum Gasteiger partial charge on any atom is 0.344 e. The Morgan fingerprint density at radius 2 is 1.71 bits per heavy atom. The summed E-state index contributed by atoms with van der Waals surface area (Å²) >= 11 is 2.08. The molecule has 0 atom stereocenters. The van der Waals surface area contributed by atoms with E-state index in [2.05, 4.69) is 36.4 Å². The van der Waals surface area contributed by atoms with Crippen molar-refractivity contribution in [2.45, 2.75) is 19.8 Å². The standard InChI is InChI=1S/C25H19IO5/c1-15(2)17-7-4-6-10-21(17)31-23-14-29-22-13-16(11-12-19(22)24(23)27)30-25(28)18-8-3-5-9-20(18)26/h3-15H,1-2H3. The second-order valence-corrected chi connectivity index (χ2v) is 8.41. The Morgan fingerprint density at radius 3 is 2.48 bits per heavy atom. The maximum atomic E-state index is 12.9. The van der Waals surface area contributed by atoms with Crippen molar-refractivity contribution in [3.8, 4) is 17.2 Å². The maximum absolute atomic E-state index is 12.9. The lowest BCUT2D eigenvalue weighted by atomic mass is 10.0. The summed E-state index contributed by atoms with van der Waals surface area (Å²) in [5.74, 6) is 0.779. The second-order valence-electron chi connectivity index (χ2n) is 7.25. The van der Waals surface area contributed by atoms with Gasteiger partial charge in [0.2, 0.25) is 11.2 Å². The molecule has 0 unspecified atom stereocenters. The lowest BCUT2D eigenvalue weighted by Crippen LogP contribution is -2.10. The minimum atomic E-state index is -0.475. The summed E-state index contributed by atoms with van der Waals surface area (Å²) < 4.78 is 17.8. The van der Waals surface area contributed by atoms with Gasteiger partial charge in [0.05, 0.1) is 10.9 Å². The first-order valence-electron chi connectivity index (χ1n) is 9.73. The van der Waals surface area contributed by atoms with Crippen LogP contribution in [-0.2, 0) is 0 Å². The first-order chi connectivity index (χ1) is 14.9. The number of ether oxygens (including phenoxy) is 2. The van der Waals surface area contributed by atoms with Crippen molar-refractivity contribution in [2.75, 3.05) is 0 Å². The fourth-order valence-electron chi connectivity index (χ4n) is 3.18. The fourth-order valence-corrected chi connectivity index (χ4v) is 3.79. The highest BCUT2D eigenvalue weighted by Crippen LogP contribution is 2.30. The van der Waals surface area contributed by atoms with E-state index in [1.54, 1.807) is 24.3 Å². The summed E-state index contributed by atoms with van der Waals surface area (Å²) in [5.41, 5.74) is 1.48. The Bertz CT molecular complexity index is 1320. The normalized spacial score (nSPS) is 11.0. The van der Waals surface area contributed by atoms with E-state index in [1.165, 1.54) is 12.3 Å². The smallest absolute Gasteiger partial charge is 0.344 e. The Hall–Kier alpha value is -3.13. The zero-order valence-electron chi connectivity index (χ0n) is 16.9. The third-order valence-corrected chi connectivity index (χ3v) is 5.72. The van der Waals surface area contributed by atoms with E-state index >= 15 is 0 Å². The molecule has 31 heavy (non-hydrogen) atoms. The van der Waals surface area contributed by atoms with Crippen LogP contribution in [0.25, 0.3) is 11.0 Å². The number of para-hydroxylation sites is 1. The zero-order chi connectivity index (χ0) is 22.0. The van der Waals surface area contributed by atoms with Crippen LogP contribution < -0.4 is 14.9 Å². The van der Waals surface area contributed by atoms with Crippen molar-refractivity contribution in [3.63, 3.8) is 0 Å². The van der Waals surface area contributed by atoms with Gasteiger partial charge in [-0.2, -0.15) is 0 Å². The van der Waals surface area contributed by atoms with Crippen molar-refractivity contribution in [2.24, 2.45) is 0 Å². The molecule has 3 aromatic carbocycles. The van der Waals surface area contributed by atoms with Crippen LogP contribution in [0.4, 0.5) is 0 Å². The van der Waals surface area contributed by atoms with Gasteiger partial charge in [-0.05, 0) is 64.4 Å². The SMILES string of the molecule is CC(C)c1ccccc1Oc1coc2cc(OC(=O)c3ccccc3I)ccc2c1=O. The van der Waals surface area contributed by atoms with E-state index in [4.69, 9.17) is 13.9 Å². The van der Waals surface area contributed by atoms with Crippen LogP contribution in [0.1, 0.15) is 35.7 Å². The highest BCUT2D eigenvalue weighted by molar-refractivity contribution is 14.1. The van der Waals surface area contributed by atoms with Gasteiger partial charge in [-0.15, -0.1) is 0 Å². The third-order valence-electron chi connectivity index (χ3n) is 4.78. The molecule has 6 heteroatoms. The molecule has 0 N–H and O–H groups in total. The molecule has 0 aliphatic carbocycles. The van der Waals surface area contributed by atoms with Gasteiger partial charge < -0.3 is 13.9 Å². The lowest BCUT2D eigenvalue weighted by molar-refractivity contribution is 0.0734. The van der Waals surface area contributed by atoms with Gasteiger partial charge in [0.1, 0.15) is 23.3 Å². The molecule has 0 radical (unpaired) electrons. The first kappa shape index (κ1) is 21.1. The number of hydrogen-bond donors (Lipinski definition) is 0. The van der Waals surface area contributed by atoms with Gasteiger partial charge in [-0.25, -0.2) is 4.79 Å². The second kappa shape index (κ2) is 8.93. The number of esters is 1. The predicted molar refractivity (Wildman–Crippen MR) is 127 cm³/mol. The molecule has 0 aliphatic heterocycles. The summed E-state index contributed by atoms with van der Waals surface area (Å²) in [6.45, 7) is 4.12. The van der Waals surface area contributed by atoms with Gasteiger partial charge in [-0.1, -0.05) is 44.2 Å². The van der Waals surface area contributed by atoms with Gasteiger partial charge in [-0.3, -0.25) is 4.79 Å². The number of benzene rings is 3. The van der Waals surface area contributed by atoms with E-state index in [-0.39, 0.29) is 17.1 Å². The molecule has 0 saturated heterocycles. The quantitative estimate of drug-likeness (QED) is 0.168. The minimum absolute atomic E-state index is 0.101. The van der Waals surface area contributed by atoms with Crippen molar-refractivity contribution < 1.29 is 18.7 Å². The van der Waals surface area contributed by atoms with Crippen molar-refractivity contribution in [1.29, 1.82) is 0 Å². The molecular formula is C25H19IO5. The Kier molecular flexibility index (Phi) is 6.08. The van der Waals surface area contributed by atoms with E-state index in [9.17, 15) is 9.59 Å². The summed E-state index contributed by atoms with van der Waals surface area (Å²) in [4.78, 5) is 25.4. The van der Waals surface area contributed by atoms with Crippen LogP contribution in [0.5, 0.6) is 17.2 Å². The van der Waals surface area contributed by atoms with Crippen molar-refractivity contribution >= 4 is 39.5 Å². The number of rotatable bonds is 5. The van der Waals surface area contributed by atoms with Crippen molar-refractivity contribution in [1.82, 2.24) is 0 Å². The van der Waals surface area contributed by atoms with Gasteiger partial charge in [0.15, 0.2) is 0 Å². The average Bonchev–Trinajstić information content (AvgIpc) is 2.76. The van der Waals surface area contributed by atoms with E-state index in [0.717, 1.165) is 9.13 Å². The zero-order valence-corrected chi connectivity index (χ0v) is 19.1. The Morgan fingerprint density at radius 1 is 0.968 bits per heavy atom. The summed E-state index contributed by atoms with van der Waals surface area (Å²) in [6.07, 6.45) is 1.29. The van der Waals surface area contributed by atoms with Crippen LogP contribution in [0, 0.1) is 3.57 Å². The monoisotopic (exact) mass is 526 g/mol. The first-order valence-corrected chi connectivity index (χ1v) is 10.8. The molecule has 0 saturated carbocycles. The fraction of sp³-hybridized carbons (Fsp3) is 0.120. The average molecular weight is 526 g/mol. The molecule has 5 nitrogen and oxygen atoms in total. The molecule has 1 heterocycles. The van der Waals surface area contributed by atoms with Crippen molar-refractivity contribution in [3.05, 3.63) is 97.9 Å². The molecule has 0 spiro atoms. The number of carbonyl (C=O) groups excluding carboxylic acids is 1. The van der Waals surface area contributed by atoms with Gasteiger partial charge in [0, 0.05) is 9.64 Å². The highest BCUT2D eigenvalue weighted by atomic mass is 127. The third kappa shape index (κ3) is 4.49. The van der Waals surface area contributed by atoms with Crippen LogP contribution in [0.15, 0.2) is 82.2 Å². The van der Waals surface area contributed by atoms with Crippen LogP contribution in [0.2, 0.25) is 0 Å². The lowest BCUT2D eigenvalue weighted by Gasteiger charge is -2.13.